The van der Waals surface area contributed by atoms with Crippen LogP contribution < -0.4 is 14.7 Å². The number of furan rings is 3. The first-order chi connectivity index (χ1) is 32.7. The number of para-hydroxylation sites is 6. The maximum Gasteiger partial charge on any atom is 0.135 e. The van der Waals surface area contributed by atoms with E-state index in [-0.39, 0.29) is 0 Å². The Morgan fingerprint density at radius 2 is 0.439 bits per heavy atom. The second-order valence-electron chi connectivity index (χ2n) is 16.6. The minimum atomic E-state index is 0.845. The number of anilines is 9. The first kappa shape index (κ1) is 37.5. The lowest BCUT2D eigenvalue weighted by atomic mass is 10.1. The molecule has 0 aliphatic rings. The minimum Gasteiger partial charge on any atom is -0.456 e. The zero-order valence-electron chi connectivity index (χ0n) is 35.6. The second-order valence-corrected chi connectivity index (χ2v) is 16.6. The van der Waals surface area contributed by atoms with Gasteiger partial charge in [-0.3, -0.25) is 0 Å². The average Bonchev–Trinajstić information content (AvgIpc) is 4.06. The van der Waals surface area contributed by atoms with Crippen LogP contribution in [0.1, 0.15) is 0 Å². The lowest BCUT2D eigenvalue weighted by molar-refractivity contribution is 0.668. The summed E-state index contributed by atoms with van der Waals surface area (Å²) in [5.74, 6) is 0. The van der Waals surface area contributed by atoms with Crippen molar-refractivity contribution in [3.8, 4) is 0 Å². The molecule has 6 nitrogen and oxygen atoms in total. The molecule has 0 fully saturated rings. The molecule has 312 valence electrons. The second kappa shape index (κ2) is 15.4. The molecule has 0 bridgehead atoms. The Balaban J connectivity index is 1.10. The summed E-state index contributed by atoms with van der Waals surface area (Å²) < 4.78 is 19.1. The van der Waals surface area contributed by atoms with E-state index >= 15 is 0 Å². The number of hydrogen-bond donors (Lipinski definition) is 0. The van der Waals surface area contributed by atoms with Crippen LogP contribution in [0.2, 0.25) is 0 Å². The highest BCUT2D eigenvalue weighted by Gasteiger charge is 2.24. The lowest BCUT2D eigenvalue weighted by Gasteiger charge is -2.33. The van der Waals surface area contributed by atoms with E-state index in [9.17, 15) is 0 Å². The van der Waals surface area contributed by atoms with Crippen molar-refractivity contribution in [3.63, 3.8) is 0 Å². The maximum absolute atomic E-state index is 6.35. The summed E-state index contributed by atoms with van der Waals surface area (Å²) in [4.78, 5) is 7.04. The third-order valence-electron chi connectivity index (χ3n) is 12.6. The van der Waals surface area contributed by atoms with E-state index in [2.05, 4.69) is 215 Å². The summed E-state index contributed by atoms with van der Waals surface area (Å²) in [6.07, 6.45) is 0. The van der Waals surface area contributed by atoms with Gasteiger partial charge in [-0.2, -0.15) is 0 Å². The zero-order chi connectivity index (χ0) is 43.6. The Morgan fingerprint density at radius 1 is 0.182 bits per heavy atom. The molecule has 0 atom stereocenters. The highest BCUT2D eigenvalue weighted by atomic mass is 16.3. The van der Waals surface area contributed by atoms with Crippen molar-refractivity contribution >= 4 is 117 Å². The molecule has 10 aromatic carbocycles. The van der Waals surface area contributed by atoms with Crippen LogP contribution in [0.3, 0.4) is 0 Å². The molecule has 0 saturated heterocycles. The van der Waals surface area contributed by atoms with Gasteiger partial charge in [0, 0.05) is 66.4 Å². The molecule has 0 saturated carbocycles. The zero-order valence-corrected chi connectivity index (χ0v) is 35.6. The number of hydrogen-bond acceptors (Lipinski definition) is 6. The molecule has 0 N–H and O–H groups in total. The van der Waals surface area contributed by atoms with E-state index in [0.717, 1.165) is 117 Å². The van der Waals surface area contributed by atoms with E-state index in [1.54, 1.807) is 0 Å². The average molecular weight is 850 g/mol. The van der Waals surface area contributed by atoms with Crippen LogP contribution in [-0.4, -0.2) is 0 Å². The largest absolute Gasteiger partial charge is 0.456 e. The van der Waals surface area contributed by atoms with Crippen molar-refractivity contribution in [2.75, 3.05) is 14.7 Å². The monoisotopic (exact) mass is 849 g/mol. The molecule has 13 rings (SSSR count). The van der Waals surface area contributed by atoms with Gasteiger partial charge in [0.2, 0.25) is 0 Å². The Morgan fingerprint density at radius 3 is 0.742 bits per heavy atom. The predicted octanol–water partition coefficient (Wildman–Crippen LogP) is 17.8. The fraction of sp³-hybridized carbons (Fsp3) is 0. The number of rotatable bonds is 9. The van der Waals surface area contributed by atoms with Gasteiger partial charge in [-0.05, 0) is 127 Å². The first-order valence-electron chi connectivity index (χ1n) is 22.1. The molecule has 0 radical (unpaired) electrons. The molecule has 3 aromatic heterocycles. The van der Waals surface area contributed by atoms with Crippen molar-refractivity contribution in [1.82, 2.24) is 0 Å². The SMILES string of the molecule is c1ccc(N(c2cc(N(c3ccccc3)c3ccc4oc5ccccc5c4c3)cc(N(c3ccccc3)c3ccc4oc5ccccc5c4c3)c2)c2ccc3oc4ccccc4c3c2)cc1. The number of benzene rings is 10. The van der Waals surface area contributed by atoms with Gasteiger partial charge in [-0.25, -0.2) is 0 Å². The van der Waals surface area contributed by atoms with Gasteiger partial charge in [0.05, 0.1) is 17.1 Å². The minimum absolute atomic E-state index is 0.845. The summed E-state index contributed by atoms with van der Waals surface area (Å²) in [6, 6.07) is 82.9. The van der Waals surface area contributed by atoms with Crippen LogP contribution in [0.5, 0.6) is 0 Å². The molecule has 0 aliphatic carbocycles. The third kappa shape index (κ3) is 6.34. The Labute approximate surface area is 380 Å². The van der Waals surface area contributed by atoms with Crippen LogP contribution in [0.25, 0.3) is 65.8 Å². The summed E-state index contributed by atoms with van der Waals surface area (Å²) >= 11 is 0. The molecule has 0 amide bonds. The van der Waals surface area contributed by atoms with Crippen LogP contribution in [0, 0.1) is 0 Å². The molecule has 0 aliphatic heterocycles. The van der Waals surface area contributed by atoms with Crippen LogP contribution in [0.15, 0.2) is 250 Å². The fourth-order valence-corrected chi connectivity index (χ4v) is 9.60. The Hall–Kier alpha value is -9.00. The summed E-state index contributed by atoms with van der Waals surface area (Å²) in [5.41, 5.74) is 14.1. The van der Waals surface area contributed by atoms with Crippen molar-refractivity contribution in [2.45, 2.75) is 0 Å². The topological polar surface area (TPSA) is 49.1 Å². The van der Waals surface area contributed by atoms with Crippen LogP contribution >= 0.6 is 0 Å². The smallest absolute Gasteiger partial charge is 0.135 e. The van der Waals surface area contributed by atoms with Gasteiger partial charge in [-0.15, -0.1) is 0 Å². The van der Waals surface area contributed by atoms with E-state index in [1.165, 1.54) is 0 Å². The molecular weight excluding hydrogens is 811 g/mol. The summed E-state index contributed by atoms with van der Waals surface area (Å²) in [6.45, 7) is 0. The molecule has 66 heavy (non-hydrogen) atoms. The quantitative estimate of drug-likeness (QED) is 0.144. The number of fused-ring (bicyclic) bond motifs is 9. The molecule has 13 aromatic rings. The van der Waals surface area contributed by atoms with E-state index in [0.29, 0.717) is 0 Å². The first-order valence-corrected chi connectivity index (χ1v) is 22.1. The van der Waals surface area contributed by atoms with Gasteiger partial charge in [-0.1, -0.05) is 109 Å². The fourth-order valence-electron chi connectivity index (χ4n) is 9.60. The van der Waals surface area contributed by atoms with Gasteiger partial charge < -0.3 is 28.0 Å². The highest BCUT2D eigenvalue weighted by Crippen LogP contribution is 2.48. The van der Waals surface area contributed by atoms with Crippen molar-refractivity contribution in [3.05, 3.63) is 237 Å². The van der Waals surface area contributed by atoms with E-state index in [1.807, 2.05) is 36.4 Å². The molecule has 0 unspecified atom stereocenters. The Kier molecular flexibility index (Phi) is 8.74. The molecular formula is C60H39N3O3. The van der Waals surface area contributed by atoms with E-state index < -0.39 is 0 Å². The maximum atomic E-state index is 6.35. The van der Waals surface area contributed by atoms with Gasteiger partial charge in [0.25, 0.3) is 0 Å². The van der Waals surface area contributed by atoms with Crippen LogP contribution in [0.4, 0.5) is 51.2 Å². The highest BCUT2D eigenvalue weighted by molar-refractivity contribution is 6.09. The lowest BCUT2D eigenvalue weighted by Crippen LogP contribution is -2.16. The summed E-state index contributed by atoms with van der Waals surface area (Å²) in [7, 11) is 0. The van der Waals surface area contributed by atoms with Crippen molar-refractivity contribution in [1.29, 1.82) is 0 Å². The summed E-state index contributed by atoms with van der Waals surface area (Å²) in [5, 5.41) is 6.39. The molecule has 0 spiro atoms. The molecule has 3 heterocycles. The van der Waals surface area contributed by atoms with E-state index in [4.69, 9.17) is 13.3 Å². The standard InChI is InChI=1S/C60H39N3O3/c1-4-16-40(17-5-1)61(43-28-31-58-52(37-43)49-22-10-13-25-55(49)64-58)46-34-47(62(41-18-6-2-7-19-41)44-29-32-59-53(38-44)50-23-11-14-26-56(50)65-59)36-48(35-46)63(42-20-8-3-9-21-42)45-30-33-60-54(39-45)51-24-12-15-27-57(51)66-60/h1-39H. The van der Waals surface area contributed by atoms with Gasteiger partial charge >= 0.3 is 0 Å². The Bertz CT molecular complexity index is 3490. The van der Waals surface area contributed by atoms with Gasteiger partial charge in [0.1, 0.15) is 33.5 Å². The predicted molar refractivity (Wildman–Crippen MR) is 272 cm³/mol. The normalized spacial score (nSPS) is 11.6. The van der Waals surface area contributed by atoms with Crippen molar-refractivity contribution in [2.24, 2.45) is 0 Å². The van der Waals surface area contributed by atoms with Gasteiger partial charge in [0.15, 0.2) is 0 Å². The third-order valence-corrected chi connectivity index (χ3v) is 12.6. The van der Waals surface area contributed by atoms with Crippen LogP contribution in [-0.2, 0) is 0 Å². The number of nitrogens with zero attached hydrogens (tertiary/aromatic N) is 3. The van der Waals surface area contributed by atoms with Crippen molar-refractivity contribution < 1.29 is 13.3 Å². The molecule has 6 heteroatoms.